The van der Waals surface area contributed by atoms with Crippen LogP contribution in [0.3, 0.4) is 0 Å². The van der Waals surface area contributed by atoms with Crippen LogP contribution in [0.4, 0.5) is 0 Å². The van der Waals surface area contributed by atoms with Crippen LogP contribution in [0.1, 0.15) is 57.8 Å². The Bertz CT molecular complexity index is 366. The monoisotopic (exact) mass is 466 g/mol. The van der Waals surface area contributed by atoms with Gasteiger partial charge in [0.05, 0.1) is 0 Å². The molecule has 2 fully saturated rings. The Morgan fingerprint density at radius 2 is 1.80 bits per heavy atom. The van der Waals surface area contributed by atoms with Crippen LogP contribution in [0.15, 0.2) is 4.99 Å². The third-order valence-corrected chi connectivity index (χ3v) is 5.75. The van der Waals surface area contributed by atoms with Gasteiger partial charge in [0.1, 0.15) is 0 Å². The van der Waals surface area contributed by atoms with Crippen LogP contribution >= 0.6 is 24.0 Å². The molecule has 0 atom stereocenters. The Hall–Kier alpha value is -0.0800. The van der Waals surface area contributed by atoms with Crippen LogP contribution < -0.4 is 10.6 Å². The molecule has 2 aliphatic rings. The molecule has 2 rings (SSSR count). The summed E-state index contributed by atoms with van der Waals surface area (Å²) in [5, 5.41) is 7.05. The first-order valence-electron chi connectivity index (χ1n) is 9.94. The summed E-state index contributed by atoms with van der Waals surface area (Å²) in [6, 6.07) is 0. The number of unbranched alkanes of at least 4 members (excludes halogenated alkanes) is 1. The number of likely N-dealkylation sites (tertiary alicyclic amines) is 1. The highest BCUT2D eigenvalue weighted by Crippen LogP contribution is 2.40. The number of halogens is 1. The predicted molar refractivity (Wildman–Crippen MR) is 117 cm³/mol. The molecule has 0 aromatic rings. The first-order valence-corrected chi connectivity index (χ1v) is 9.94. The zero-order chi connectivity index (χ0) is 17.1. The minimum Gasteiger partial charge on any atom is -0.385 e. The average molecular weight is 466 g/mol. The minimum absolute atomic E-state index is 0. The molecule has 1 aliphatic heterocycles. The minimum atomic E-state index is 0. The third-order valence-electron chi connectivity index (χ3n) is 5.75. The van der Waals surface area contributed by atoms with Crippen molar-refractivity contribution >= 4 is 29.9 Å². The molecule has 0 amide bonds. The zero-order valence-corrected chi connectivity index (χ0v) is 18.6. The number of aliphatic imine (C=N–C) groups is 1. The van der Waals surface area contributed by atoms with Crippen molar-refractivity contribution < 1.29 is 4.74 Å². The Balaban J connectivity index is 0.00000312. The van der Waals surface area contributed by atoms with E-state index in [0.717, 1.165) is 32.1 Å². The molecule has 1 heterocycles. The Morgan fingerprint density at radius 1 is 1.08 bits per heavy atom. The van der Waals surface area contributed by atoms with Crippen LogP contribution in [0.25, 0.3) is 0 Å². The van der Waals surface area contributed by atoms with E-state index in [0.29, 0.717) is 5.41 Å². The first kappa shape index (κ1) is 23.0. The molecule has 148 valence electrons. The molecule has 2 N–H and O–H groups in total. The summed E-state index contributed by atoms with van der Waals surface area (Å²) in [6.45, 7) is 6.76. The van der Waals surface area contributed by atoms with Gasteiger partial charge in [-0.15, -0.1) is 24.0 Å². The third kappa shape index (κ3) is 8.43. The van der Waals surface area contributed by atoms with Crippen molar-refractivity contribution in [2.24, 2.45) is 10.4 Å². The van der Waals surface area contributed by atoms with E-state index >= 15 is 0 Å². The number of hydrogen-bond donors (Lipinski definition) is 2. The molecule has 1 aliphatic carbocycles. The molecule has 1 saturated heterocycles. The lowest BCUT2D eigenvalue weighted by atomic mass is 9.83. The maximum absolute atomic E-state index is 5.32. The van der Waals surface area contributed by atoms with Gasteiger partial charge in [0.2, 0.25) is 0 Å². The fraction of sp³-hybridized carbons (Fsp3) is 0.947. The summed E-state index contributed by atoms with van der Waals surface area (Å²) in [5.74, 6) is 0.958. The summed E-state index contributed by atoms with van der Waals surface area (Å²) in [7, 11) is 3.68. The van der Waals surface area contributed by atoms with Gasteiger partial charge in [0, 0.05) is 33.9 Å². The van der Waals surface area contributed by atoms with Gasteiger partial charge in [-0.1, -0.05) is 12.8 Å². The average Bonchev–Trinajstić information content (AvgIpc) is 3.28. The Morgan fingerprint density at radius 3 is 2.44 bits per heavy atom. The van der Waals surface area contributed by atoms with Crippen LogP contribution in [-0.4, -0.2) is 64.3 Å². The largest absolute Gasteiger partial charge is 0.385 e. The fourth-order valence-corrected chi connectivity index (χ4v) is 4.12. The van der Waals surface area contributed by atoms with Crippen molar-refractivity contribution in [1.29, 1.82) is 0 Å². The van der Waals surface area contributed by atoms with Crippen molar-refractivity contribution in [1.82, 2.24) is 15.5 Å². The quantitative estimate of drug-likeness (QED) is 0.225. The maximum Gasteiger partial charge on any atom is 0.190 e. The topological polar surface area (TPSA) is 48.9 Å². The van der Waals surface area contributed by atoms with Gasteiger partial charge in [0.15, 0.2) is 5.96 Å². The van der Waals surface area contributed by atoms with Gasteiger partial charge in [-0.3, -0.25) is 4.99 Å². The molecule has 0 bridgehead atoms. The van der Waals surface area contributed by atoms with Crippen LogP contribution in [0, 0.1) is 5.41 Å². The number of methoxy groups -OCH3 is 1. The van der Waals surface area contributed by atoms with E-state index in [1.54, 1.807) is 7.11 Å². The van der Waals surface area contributed by atoms with Crippen molar-refractivity contribution in [3.63, 3.8) is 0 Å². The van der Waals surface area contributed by atoms with E-state index in [1.807, 2.05) is 7.05 Å². The molecule has 5 nitrogen and oxygen atoms in total. The highest BCUT2D eigenvalue weighted by Gasteiger charge is 2.33. The molecule has 0 unspecified atom stereocenters. The Kier molecular flexibility index (Phi) is 12.1. The van der Waals surface area contributed by atoms with E-state index in [1.165, 1.54) is 71.0 Å². The Labute approximate surface area is 171 Å². The number of guanidine groups is 1. The molecule has 0 aromatic heterocycles. The summed E-state index contributed by atoms with van der Waals surface area (Å²) in [4.78, 5) is 6.98. The smallest absolute Gasteiger partial charge is 0.190 e. The van der Waals surface area contributed by atoms with Crippen LogP contribution in [0.2, 0.25) is 0 Å². The van der Waals surface area contributed by atoms with E-state index in [4.69, 9.17) is 4.74 Å². The van der Waals surface area contributed by atoms with Gasteiger partial charge >= 0.3 is 0 Å². The van der Waals surface area contributed by atoms with Gasteiger partial charge in [-0.25, -0.2) is 0 Å². The highest BCUT2D eigenvalue weighted by atomic mass is 127. The molecule has 6 heteroatoms. The lowest BCUT2D eigenvalue weighted by molar-refractivity contribution is 0.138. The van der Waals surface area contributed by atoms with Crippen molar-refractivity contribution in [2.75, 3.05) is 53.5 Å². The van der Waals surface area contributed by atoms with E-state index in [9.17, 15) is 0 Å². The molecular weight excluding hydrogens is 427 g/mol. The van der Waals surface area contributed by atoms with E-state index in [2.05, 4.69) is 20.5 Å². The predicted octanol–water partition coefficient (Wildman–Crippen LogP) is 3.24. The zero-order valence-electron chi connectivity index (χ0n) is 16.3. The van der Waals surface area contributed by atoms with Crippen molar-refractivity contribution in [3.8, 4) is 0 Å². The summed E-state index contributed by atoms with van der Waals surface area (Å²) >= 11 is 0. The number of nitrogens with one attached hydrogen (secondary N) is 2. The lowest BCUT2D eigenvalue weighted by Crippen LogP contribution is -2.43. The van der Waals surface area contributed by atoms with Gasteiger partial charge < -0.3 is 20.3 Å². The molecule has 0 aromatic carbocycles. The summed E-state index contributed by atoms with van der Waals surface area (Å²) in [5.41, 5.74) is 0.406. The van der Waals surface area contributed by atoms with E-state index in [-0.39, 0.29) is 24.0 Å². The summed E-state index contributed by atoms with van der Waals surface area (Å²) in [6.07, 6.45) is 11.8. The highest BCUT2D eigenvalue weighted by molar-refractivity contribution is 14.0. The lowest BCUT2D eigenvalue weighted by Gasteiger charge is -2.30. The second-order valence-electron chi connectivity index (χ2n) is 7.56. The van der Waals surface area contributed by atoms with Crippen LogP contribution in [-0.2, 0) is 4.74 Å². The van der Waals surface area contributed by atoms with Gasteiger partial charge in [0.25, 0.3) is 0 Å². The summed E-state index contributed by atoms with van der Waals surface area (Å²) < 4.78 is 5.32. The molecule has 0 spiro atoms. The number of hydrogen-bond acceptors (Lipinski definition) is 3. The molecule has 1 saturated carbocycles. The van der Waals surface area contributed by atoms with Crippen LogP contribution in [0.5, 0.6) is 0 Å². The normalized spacial score (nSPS) is 20.5. The maximum atomic E-state index is 5.32. The standard InChI is InChI=1S/C19H38N4O.HI/c1-20-18(21-12-5-6-13-23-14-7-8-15-23)22-17-19(11-16-24-2)9-3-4-10-19;/h3-17H2,1-2H3,(H2,20,21,22);1H. The second-order valence-corrected chi connectivity index (χ2v) is 7.56. The van der Waals surface area contributed by atoms with Crippen molar-refractivity contribution in [2.45, 2.75) is 57.8 Å². The first-order chi connectivity index (χ1) is 11.8. The number of nitrogens with zero attached hydrogens (tertiary/aromatic N) is 2. The van der Waals surface area contributed by atoms with E-state index < -0.39 is 0 Å². The van der Waals surface area contributed by atoms with Gasteiger partial charge in [-0.05, 0) is 70.0 Å². The molecular formula is C19H39IN4O. The number of rotatable bonds is 10. The molecule has 0 radical (unpaired) electrons. The van der Waals surface area contributed by atoms with Crippen molar-refractivity contribution in [3.05, 3.63) is 0 Å². The SMILES string of the molecule is CN=C(NCCCCN1CCCC1)NCC1(CCOC)CCCC1.I. The number of ether oxygens (including phenoxy) is 1. The second kappa shape index (κ2) is 13.1. The van der Waals surface area contributed by atoms with Gasteiger partial charge in [-0.2, -0.15) is 0 Å². The fourth-order valence-electron chi connectivity index (χ4n) is 4.12. The molecule has 25 heavy (non-hydrogen) atoms.